The molecule has 86 valence electrons. The van der Waals surface area contributed by atoms with Crippen molar-refractivity contribution in [1.82, 2.24) is 0 Å². The predicted octanol–water partition coefficient (Wildman–Crippen LogP) is 4.18. The van der Waals surface area contributed by atoms with Crippen molar-refractivity contribution in [3.8, 4) is 0 Å². The van der Waals surface area contributed by atoms with E-state index in [1.54, 1.807) is 0 Å². The molecule has 0 aromatic rings. The second-order valence-corrected chi connectivity index (χ2v) is 12.1. The minimum atomic E-state index is -2.22. The van der Waals surface area contributed by atoms with Gasteiger partial charge in [-0.05, 0) is 22.0 Å². The summed E-state index contributed by atoms with van der Waals surface area (Å²) in [4.78, 5) is 11.0. The van der Waals surface area contributed by atoms with Crippen LogP contribution in [0.3, 0.4) is 0 Å². The zero-order chi connectivity index (χ0) is 11.8. The molecule has 1 N–H and O–H groups in total. The number of hydrogen-bond donors (Lipinski definition) is 1. The summed E-state index contributed by atoms with van der Waals surface area (Å²) in [7, 11) is -2.22. The molecule has 0 bridgehead atoms. The first-order valence-electron chi connectivity index (χ1n) is 5.64. The molecule has 2 heteroatoms. The summed E-state index contributed by atoms with van der Waals surface area (Å²) in [5.74, 6) is 0.588. The average Bonchev–Trinajstić information content (AvgIpc) is 1.79. The molecule has 14 heavy (non-hydrogen) atoms. The monoisotopic (exact) mass is 216 g/mol. The van der Waals surface area contributed by atoms with Crippen LogP contribution in [0.1, 0.15) is 55.4 Å². The summed E-state index contributed by atoms with van der Waals surface area (Å²) >= 11 is 0. The predicted molar refractivity (Wildman–Crippen MR) is 67.0 cm³/mol. The van der Waals surface area contributed by atoms with Gasteiger partial charge in [0.05, 0.1) is 0 Å². The summed E-state index contributed by atoms with van der Waals surface area (Å²) in [6.07, 6.45) is 0. The molecule has 0 saturated carbocycles. The summed E-state index contributed by atoms with van der Waals surface area (Å²) in [5, 5.41) is 0.130. The molecule has 0 saturated heterocycles. The van der Waals surface area contributed by atoms with Crippen molar-refractivity contribution in [3.05, 3.63) is 0 Å². The van der Waals surface area contributed by atoms with Crippen molar-refractivity contribution in [2.24, 2.45) is 5.92 Å². The van der Waals surface area contributed by atoms with Crippen LogP contribution in [0.15, 0.2) is 0 Å². The quantitative estimate of drug-likeness (QED) is 0.687. The number of hydrogen-bond acceptors (Lipinski definition) is 1. The van der Waals surface area contributed by atoms with Crippen molar-refractivity contribution in [1.29, 1.82) is 0 Å². The van der Waals surface area contributed by atoms with Crippen molar-refractivity contribution in [2.75, 3.05) is 0 Å². The molecule has 0 heterocycles. The van der Waals surface area contributed by atoms with Crippen LogP contribution >= 0.6 is 0 Å². The van der Waals surface area contributed by atoms with Crippen molar-refractivity contribution < 1.29 is 4.80 Å². The Hall–Kier alpha value is 0.177. The molecule has 0 aromatic carbocycles. The summed E-state index contributed by atoms with van der Waals surface area (Å²) in [6, 6.07) is 1.00. The molecule has 0 aliphatic rings. The van der Waals surface area contributed by atoms with Gasteiger partial charge in [-0.3, -0.25) is 0 Å². The van der Waals surface area contributed by atoms with Crippen molar-refractivity contribution in [2.45, 2.75) is 71.5 Å². The highest BCUT2D eigenvalue weighted by Gasteiger charge is 2.52. The van der Waals surface area contributed by atoms with Crippen molar-refractivity contribution in [3.63, 3.8) is 0 Å². The van der Waals surface area contributed by atoms with Crippen LogP contribution < -0.4 is 0 Å². The Labute approximate surface area is 91.1 Å². The molecular weight excluding hydrogens is 188 g/mol. The van der Waals surface area contributed by atoms with Gasteiger partial charge in [0.1, 0.15) is 0 Å². The Kier molecular flexibility index (Phi) is 4.02. The number of rotatable bonds is 2. The summed E-state index contributed by atoms with van der Waals surface area (Å²) in [6.45, 7) is 17.5. The van der Waals surface area contributed by atoms with Gasteiger partial charge >= 0.3 is 0 Å². The van der Waals surface area contributed by atoms with E-state index in [2.05, 4.69) is 55.4 Å². The minimum Gasteiger partial charge on any atom is -0.431 e. The third-order valence-corrected chi connectivity index (χ3v) is 9.56. The normalized spacial score (nSPS) is 15.0. The lowest BCUT2D eigenvalue weighted by atomic mass is 10.2. The van der Waals surface area contributed by atoms with E-state index in [-0.39, 0.29) is 10.1 Å². The van der Waals surface area contributed by atoms with E-state index >= 15 is 0 Å². The molecule has 0 aliphatic carbocycles. The van der Waals surface area contributed by atoms with E-state index < -0.39 is 8.32 Å². The lowest BCUT2D eigenvalue weighted by Crippen LogP contribution is -2.52. The van der Waals surface area contributed by atoms with Gasteiger partial charge in [0.25, 0.3) is 0 Å². The SMILES string of the molecule is CC(C)C[Si](O)(C(C)(C)C)C(C)(C)C. The third-order valence-electron chi connectivity index (χ3n) is 3.19. The highest BCUT2D eigenvalue weighted by Crippen LogP contribution is 2.52. The molecule has 0 unspecified atom stereocenters. The van der Waals surface area contributed by atoms with Gasteiger partial charge in [-0.15, -0.1) is 0 Å². The summed E-state index contributed by atoms with van der Waals surface area (Å²) in [5.41, 5.74) is 0. The molecule has 0 amide bonds. The van der Waals surface area contributed by atoms with Crippen LogP contribution in [0.25, 0.3) is 0 Å². The highest BCUT2D eigenvalue weighted by molar-refractivity contribution is 6.78. The molecule has 0 radical (unpaired) electrons. The molecule has 0 rings (SSSR count). The molecule has 0 aliphatic heterocycles. The maximum Gasteiger partial charge on any atom is 0.199 e. The van der Waals surface area contributed by atoms with E-state index in [0.717, 1.165) is 6.04 Å². The molecule has 0 aromatic heterocycles. The molecule has 0 fully saturated rings. The molecular formula is C12H28OSi. The van der Waals surface area contributed by atoms with Gasteiger partial charge < -0.3 is 4.80 Å². The Morgan fingerprint density at radius 1 is 0.929 bits per heavy atom. The lowest BCUT2D eigenvalue weighted by molar-refractivity contribution is 0.397. The van der Waals surface area contributed by atoms with Gasteiger partial charge in [-0.2, -0.15) is 0 Å². The van der Waals surface area contributed by atoms with E-state index in [0.29, 0.717) is 5.92 Å². The second kappa shape index (κ2) is 3.97. The van der Waals surface area contributed by atoms with E-state index in [4.69, 9.17) is 0 Å². The van der Waals surface area contributed by atoms with Gasteiger partial charge in [0.2, 0.25) is 0 Å². The highest BCUT2D eigenvalue weighted by atomic mass is 28.4. The summed E-state index contributed by atoms with van der Waals surface area (Å²) < 4.78 is 0. The minimum absolute atomic E-state index is 0.0650. The van der Waals surface area contributed by atoms with E-state index in [9.17, 15) is 4.80 Å². The van der Waals surface area contributed by atoms with Crippen LogP contribution in [0.2, 0.25) is 16.1 Å². The smallest absolute Gasteiger partial charge is 0.199 e. The fraction of sp³-hybridized carbons (Fsp3) is 1.00. The molecule has 0 atom stereocenters. The first-order chi connectivity index (χ1) is 5.92. The van der Waals surface area contributed by atoms with Crippen molar-refractivity contribution >= 4 is 8.32 Å². The van der Waals surface area contributed by atoms with Gasteiger partial charge in [0.15, 0.2) is 8.32 Å². The fourth-order valence-corrected chi connectivity index (χ4v) is 6.98. The standard InChI is InChI=1S/C12H28OSi/c1-10(2)9-14(13,11(3,4)5)12(6,7)8/h10,13H,9H2,1-8H3. The van der Waals surface area contributed by atoms with Gasteiger partial charge in [0, 0.05) is 0 Å². The van der Waals surface area contributed by atoms with Crippen LogP contribution in [0.4, 0.5) is 0 Å². The molecule has 0 spiro atoms. The van der Waals surface area contributed by atoms with Crippen LogP contribution in [0.5, 0.6) is 0 Å². The maximum atomic E-state index is 11.0. The van der Waals surface area contributed by atoms with Crippen LogP contribution in [-0.2, 0) is 0 Å². The lowest BCUT2D eigenvalue weighted by Gasteiger charge is -2.48. The zero-order valence-corrected chi connectivity index (χ0v) is 12.2. The maximum absolute atomic E-state index is 11.0. The van der Waals surface area contributed by atoms with Gasteiger partial charge in [-0.25, -0.2) is 0 Å². The van der Waals surface area contributed by atoms with Gasteiger partial charge in [-0.1, -0.05) is 55.4 Å². The first-order valence-corrected chi connectivity index (χ1v) is 7.79. The zero-order valence-electron chi connectivity index (χ0n) is 11.2. The van der Waals surface area contributed by atoms with Crippen LogP contribution in [0, 0.1) is 5.92 Å². The van der Waals surface area contributed by atoms with E-state index in [1.165, 1.54) is 0 Å². The molecule has 1 nitrogen and oxygen atoms in total. The average molecular weight is 216 g/mol. The third kappa shape index (κ3) is 2.83. The van der Waals surface area contributed by atoms with E-state index in [1.807, 2.05) is 0 Å². The largest absolute Gasteiger partial charge is 0.431 e. The second-order valence-electron chi connectivity index (χ2n) is 6.96. The Morgan fingerprint density at radius 3 is 1.29 bits per heavy atom. The van der Waals surface area contributed by atoms with Crippen LogP contribution in [-0.4, -0.2) is 13.1 Å². The Morgan fingerprint density at radius 2 is 1.21 bits per heavy atom. The fourth-order valence-electron chi connectivity index (χ4n) is 2.33. The Bertz CT molecular complexity index is 169. The first kappa shape index (κ1) is 14.2. The Balaban J connectivity index is 5.07. The topological polar surface area (TPSA) is 20.2 Å².